The fourth-order valence-corrected chi connectivity index (χ4v) is 3.57. The quantitative estimate of drug-likeness (QED) is 0.689. The minimum atomic E-state index is -4.89. The van der Waals surface area contributed by atoms with E-state index in [2.05, 4.69) is 0 Å². The molecule has 1 fully saturated rings. The number of methoxy groups -OCH3 is 2. The SMILES string of the molecule is COc1cc(OC)cc(C(OP(=O)(O)O)C2(c3ccccc3)OCCO2)c1. The molecule has 0 aromatic heterocycles. The maximum atomic E-state index is 11.8. The van der Waals surface area contributed by atoms with Crippen LogP contribution in [-0.4, -0.2) is 37.2 Å². The molecule has 1 saturated heterocycles. The van der Waals surface area contributed by atoms with Crippen molar-refractivity contribution in [2.75, 3.05) is 27.4 Å². The number of hydrogen-bond donors (Lipinski definition) is 2. The number of ether oxygens (including phenoxy) is 4. The standard InChI is InChI=1S/C18H21O8P/c1-22-15-10-13(11-16(12-15)23-2)17(26-27(19,20)21)18(24-8-9-25-18)14-6-4-3-5-7-14/h3-7,10-12,17H,8-9H2,1-2H3,(H2,19,20,21). The van der Waals surface area contributed by atoms with Crippen molar-refractivity contribution in [3.63, 3.8) is 0 Å². The highest BCUT2D eigenvalue weighted by Gasteiger charge is 2.50. The van der Waals surface area contributed by atoms with Crippen LogP contribution < -0.4 is 9.47 Å². The monoisotopic (exact) mass is 396 g/mol. The summed E-state index contributed by atoms with van der Waals surface area (Å²) in [6.45, 7) is 0.494. The lowest BCUT2D eigenvalue weighted by Gasteiger charge is -2.36. The number of hydrogen-bond acceptors (Lipinski definition) is 6. The van der Waals surface area contributed by atoms with Gasteiger partial charge in [0.05, 0.1) is 27.4 Å². The summed E-state index contributed by atoms with van der Waals surface area (Å²) < 4.78 is 39.2. The second kappa shape index (κ2) is 7.98. The highest BCUT2D eigenvalue weighted by Crippen LogP contribution is 2.53. The van der Waals surface area contributed by atoms with Crippen molar-refractivity contribution in [1.82, 2.24) is 0 Å². The van der Waals surface area contributed by atoms with Gasteiger partial charge in [0.25, 0.3) is 0 Å². The van der Waals surface area contributed by atoms with Crippen LogP contribution in [0.25, 0.3) is 0 Å². The van der Waals surface area contributed by atoms with Crippen molar-refractivity contribution in [3.8, 4) is 11.5 Å². The summed E-state index contributed by atoms with van der Waals surface area (Å²) >= 11 is 0. The molecule has 2 aromatic carbocycles. The Labute approximate surface area is 156 Å². The van der Waals surface area contributed by atoms with Gasteiger partial charge in [-0.25, -0.2) is 4.57 Å². The van der Waals surface area contributed by atoms with Crippen molar-refractivity contribution in [1.29, 1.82) is 0 Å². The van der Waals surface area contributed by atoms with E-state index in [1.165, 1.54) is 14.2 Å². The van der Waals surface area contributed by atoms with Gasteiger partial charge in [0, 0.05) is 11.6 Å². The van der Waals surface area contributed by atoms with Gasteiger partial charge >= 0.3 is 7.82 Å². The van der Waals surface area contributed by atoms with E-state index in [1.807, 2.05) is 6.07 Å². The van der Waals surface area contributed by atoms with E-state index >= 15 is 0 Å². The van der Waals surface area contributed by atoms with Gasteiger partial charge in [-0.3, -0.25) is 4.52 Å². The first-order valence-corrected chi connectivity index (χ1v) is 9.71. The van der Waals surface area contributed by atoms with E-state index in [-0.39, 0.29) is 13.2 Å². The molecule has 1 heterocycles. The molecule has 0 amide bonds. The Morgan fingerprint density at radius 1 is 1.00 bits per heavy atom. The first kappa shape index (κ1) is 19.8. The van der Waals surface area contributed by atoms with Crippen LogP contribution in [-0.2, 0) is 24.3 Å². The molecule has 8 nitrogen and oxygen atoms in total. The van der Waals surface area contributed by atoms with Crippen LogP contribution in [0.1, 0.15) is 17.2 Å². The Kier molecular flexibility index (Phi) is 5.86. The Morgan fingerprint density at radius 2 is 1.56 bits per heavy atom. The van der Waals surface area contributed by atoms with Gasteiger partial charge in [-0.05, 0) is 17.7 Å². The molecule has 0 spiro atoms. The molecule has 0 bridgehead atoms. The number of benzene rings is 2. The number of phosphoric acid groups is 1. The molecule has 0 aliphatic carbocycles. The summed E-state index contributed by atoms with van der Waals surface area (Å²) in [5.41, 5.74) is 0.947. The zero-order valence-electron chi connectivity index (χ0n) is 14.9. The normalized spacial score (nSPS) is 17.5. The van der Waals surface area contributed by atoms with Crippen LogP contribution in [0.2, 0.25) is 0 Å². The van der Waals surface area contributed by atoms with Crippen molar-refractivity contribution < 1.29 is 37.8 Å². The molecule has 146 valence electrons. The maximum absolute atomic E-state index is 11.8. The molecular weight excluding hydrogens is 375 g/mol. The average Bonchev–Trinajstić information content (AvgIpc) is 3.16. The predicted octanol–water partition coefficient (Wildman–Crippen LogP) is 2.75. The van der Waals surface area contributed by atoms with Gasteiger partial charge in [-0.15, -0.1) is 0 Å². The highest BCUT2D eigenvalue weighted by atomic mass is 31.2. The minimum absolute atomic E-state index is 0.247. The predicted molar refractivity (Wildman–Crippen MR) is 95.4 cm³/mol. The van der Waals surface area contributed by atoms with E-state index in [9.17, 15) is 14.4 Å². The average molecular weight is 396 g/mol. The second-order valence-corrected chi connectivity index (χ2v) is 7.04. The van der Waals surface area contributed by atoms with Crippen molar-refractivity contribution in [2.24, 2.45) is 0 Å². The molecule has 1 aliphatic heterocycles. The molecule has 1 aliphatic rings. The fourth-order valence-electron chi connectivity index (χ4n) is 3.04. The molecule has 0 saturated carbocycles. The van der Waals surface area contributed by atoms with E-state index < -0.39 is 19.7 Å². The molecule has 27 heavy (non-hydrogen) atoms. The van der Waals surface area contributed by atoms with Crippen LogP contribution in [0.4, 0.5) is 0 Å². The summed E-state index contributed by atoms with van der Waals surface area (Å²) in [5.74, 6) is -0.658. The van der Waals surface area contributed by atoms with Crippen LogP contribution in [0.5, 0.6) is 11.5 Å². The van der Waals surface area contributed by atoms with Crippen molar-refractivity contribution in [2.45, 2.75) is 11.9 Å². The Morgan fingerprint density at radius 3 is 2.04 bits per heavy atom. The Balaban J connectivity index is 2.17. The molecule has 1 unspecified atom stereocenters. The molecule has 2 N–H and O–H groups in total. The van der Waals surface area contributed by atoms with Gasteiger partial charge in [0.1, 0.15) is 11.5 Å². The molecule has 1 atom stereocenters. The molecule has 9 heteroatoms. The third-order valence-electron chi connectivity index (χ3n) is 4.16. The largest absolute Gasteiger partial charge is 0.497 e. The van der Waals surface area contributed by atoms with Gasteiger partial charge in [0.15, 0.2) is 6.10 Å². The zero-order chi connectivity index (χ0) is 19.5. The third-order valence-corrected chi connectivity index (χ3v) is 4.64. The molecular formula is C18H21O8P. The van der Waals surface area contributed by atoms with Crippen LogP contribution in [0.15, 0.2) is 48.5 Å². The lowest BCUT2D eigenvalue weighted by Crippen LogP contribution is -2.36. The molecule has 3 rings (SSSR count). The smallest absolute Gasteiger partial charge is 0.470 e. The van der Waals surface area contributed by atoms with Crippen LogP contribution in [0, 0.1) is 0 Å². The van der Waals surface area contributed by atoms with Crippen LogP contribution >= 0.6 is 7.82 Å². The van der Waals surface area contributed by atoms with Gasteiger partial charge < -0.3 is 28.7 Å². The summed E-state index contributed by atoms with van der Waals surface area (Å²) in [5, 5.41) is 0. The van der Waals surface area contributed by atoms with E-state index in [0.29, 0.717) is 22.6 Å². The van der Waals surface area contributed by atoms with Gasteiger partial charge in [0.2, 0.25) is 5.79 Å². The first-order valence-electron chi connectivity index (χ1n) is 8.18. The Bertz CT molecular complexity index is 791. The highest BCUT2D eigenvalue weighted by molar-refractivity contribution is 7.46. The maximum Gasteiger partial charge on any atom is 0.470 e. The topological polar surface area (TPSA) is 104 Å². The lowest BCUT2D eigenvalue weighted by atomic mass is 9.94. The minimum Gasteiger partial charge on any atom is -0.497 e. The second-order valence-electron chi connectivity index (χ2n) is 5.85. The van der Waals surface area contributed by atoms with Gasteiger partial charge in [-0.1, -0.05) is 30.3 Å². The zero-order valence-corrected chi connectivity index (χ0v) is 15.8. The van der Waals surface area contributed by atoms with Gasteiger partial charge in [-0.2, -0.15) is 0 Å². The first-order chi connectivity index (χ1) is 12.9. The van der Waals surface area contributed by atoms with Crippen molar-refractivity contribution >= 4 is 7.82 Å². The van der Waals surface area contributed by atoms with Crippen molar-refractivity contribution in [3.05, 3.63) is 59.7 Å². The van der Waals surface area contributed by atoms with E-state index in [4.69, 9.17) is 23.5 Å². The number of phosphoric ester groups is 1. The van der Waals surface area contributed by atoms with E-state index in [1.54, 1.807) is 42.5 Å². The van der Waals surface area contributed by atoms with E-state index in [0.717, 1.165) is 0 Å². The molecule has 0 radical (unpaired) electrons. The van der Waals surface area contributed by atoms with Crippen LogP contribution in [0.3, 0.4) is 0 Å². The summed E-state index contributed by atoms with van der Waals surface area (Å²) in [4.78, 5) is 19.1. The Hall–Kier alpha value is -1.93. The summed E-state index contributed by atoms with van der Waals surface area (Å²) in [6, 6.07) is 13.7. The third kappa shape index (κ3) is 4.32. The lowest BCUT2D eigenvalue weighted by molar-refractivity contribution is -0.228. The number of rotatable bonds is 7. The summed E-state index contributed by atoms with van der Waals surface area (Å²) in [7, 11) is -1.93. The fraction of sp³-hybridized carbons (Fsp3) is 0.333. The summed E-state index contributed by atoms with van der Waals surface area (Å²) in [6.07, 6.45) is -1.27. The molecule has 2 aromatic rings.